The first-order valence-electron chi connectivity index (χ1n) is 10.9. The monoisotopic (exact) mass is 474 g/mol. The SMILES string of the molecule is Cc1ccc(NC(=O)c2cccc(Cl)n2)cc1-n1cc(-c2cncc(N3CCOCC3)c2)cn1. The van der Waals surface area contributed by atoms with E-state index in [-0.39, 0.29) is 16.8 Å². The number of hydrogen-bond donors (Lipinski definition) is 1. The molecule has 0 saturated carbocycles. The van der Waals surface area contributed by atoms with Gasteiger partial charge in [0.15, 0.2) is 0 Å². The van der Waals surface area contributed by atoms with E-state index in [9.17, 15) is 4.79 Å². The van der Waals surface area contributed by atoms with Gasteiger partial charge in [-0.05, 0) is 42.8 Å². The first kappa shape index (κ1) is 22.1. The molecule has 1 aliphatic heterocycles. The van der Waals surface area contributed by atoms with Crippen LogP contribution in [0.5, 0.6) is 0 Å². The number of halogens is 1. The minimum absolute atomic E-state index is 0.253. The molecule has 0 radical (unpaired) electrons. The van der Waals surface area contributed by atoms with E-state index in [0.717, 1.165) is 54.4 Å². The van der Waals surface area contributed by atoms with Crippen LogP contribution in [0.4, 0.5) is 11.4 Å². The normalized spacial score (nSPS) is 13.6. The smallest absolute Gasteiger partial charge is 0.274 e. The fraction of sp³-hybridized carbons (Fsp3) is 0.200. The second-order valence-corrected chi connectivity index (χ2v) is 8.39. The maximum absolute atomic E-state index is 12.6. The lowest BCUT2D eigenvalue weighted by Crippen LogP contribution is -2.36. The van der Waals surface area contributed by atoms with Crippen LogP contribution in [0.2, 0.25) is 5.15 Å². The van der Waals surface area contributed by atoms with Gasteiger partial charge in [0.25, 0.3) is 5.91 Å². The standard InChI is InChI=1S/C25H23ClN6O2/c1-17-5-6-20(29-25(33)22-3-2-4-24(26)30-22)12-23(17)32-16-19(14-28-32)18-11-21(15-27-13-18)31-7-9-34-10-8-31/h2-6,11-16H,7-10H2,1H3,(H,29,33). The van der Waals surface area contributed by atoms with Gasteiger partial charge < -0.3 is 15.0 Å². The molecule has 0 aliphatic carbocycles. The fourth-order valence-corrected chi connectivity index (χ4v) is 4.01. The van der Waals surface area contributed by atoms with Crippen molar-refractivity contribution in [2.45, 2.75) is 6.92 Å². The number of aryl methyl sites for hydroxylation is 1. The lowest BCUT2D eigenvalue weighted by molar-refractivity contribution is 0.102. The largest absolute Gasteiger partial charge is 0.378 e. The van der Waals surface area contributed by atoms with Crippen LogP contribution >= 0.6 is 11.6 Å². The lowest BCUT2D eigenvalue weighted by Gasteiger charge is -2.28. The van der Waals surface area contributed by atoms with Crippen molar-refractivity contribution in [1.29, 1.82) is 0 Å². The highest BCUT2D eigenvalue weighted by Crippen LogP contribution is 2.26. The second-order valence-electron chi connectivity index (χ2n) is 8.01. The molecule has 1 saturated heterocycles. The molecule has 1 aromatic carbocycles. The van der Waals surface area contributed by atoms with Gasteiger partial charge in [0.05, 0.1) is 37.0 Å². The summed E-state index contributed by atoms with van der Waals surface area (Å²) in [6.07, 6.45) is 7.50. The molecule has 34 heavy (non-hydrogen) atoms. The van der Waals surface area contributed by atoms with Crippen molar-refractivity contribution in [1.82, 2.24) is 19.7 Å². The molecule has 8 nitrogen and oxygen atoms in total. The van der Waals surface area contributed by atoms with E-state index in [2.05, 4.69) is 31.3 Å². The van der Waals surface area contributed by atoms with Crippen LogP contribution in [0.15, 0.2) is 67.3 Å². The summed E-state index contributed by atoms with van der Waals surface area (Å²) in [5.74, 6) is -0.329. The number of carbonyl (C=O) groups excluding carboxylic acids is 1. The van der Waals surface area contributed by atoms with Crippen molar-refractivity contribution in [3.8, 4) is 16.8 Å². The predicted molar refractivity (Wildman–Crippen MR) is 132 cm³/mol. The molecule has 0 bridgehead atoms. The highest BCUT2D eigenvalue weighted by atomic mass is 35.5. The number of carbonyl (C=O) groups is 1. The molecule has 1 N–H and O–H groups in total. The van der Waals surface area contributed by atoms with Crippen LogP contribution in [0.1, 0.15) is 16.1 Å². The van der Waals surface area contributed by atoms with Gasteiger partial charge in [-0.15, -0.1) is 0 Å². The summed E-state index contributed by atoms with van der Waals surface area (Å²) < 4.78 is 7.26. The number of pyridine rings is 2. The molecule has 0 atom stereocenters. The van der Waals surface area contributed by atoms with E-state index in [0.29, 0.717) is 5.69 Å². The number of hydrogen-bond acceptors (Lipinski definition) is 6. The summed E-state index contributed by atoms with van der Waals surface area (Å²) in [6.45, 7) is 5.16. The maximum Gasteiger partial charge on any atom is 0.274 e. The topological polar surface area (TPSA) is 85.2 Å². The van der Waals surface area contributed by atoms with Gasteiger partial charge in [-0.2, -0.15) is 5.10 Å². The number of aromatic nitrogens is 4. The maximum atomic E-state index is 12.6. The summed E-state index contributed by atoms with van der Waals surface area (Å²) >= 11 is 5.91. The molecule has 3 aromatic heterocycles. The van der Waals surface area contributed by atoms with E-state index < -0.39 is 0 Å². The fourth-order valence-electron chi connectivity index (χ4n) is 3.85. The molecule has 172 valence electrons. The Hall–Kier alpha value is -3.75. The second kappa shape index (κ2) is 9.62. The highest BCUT2D eigenvalue weighted by Gasteiger charge is 2.14. The summed E-state index contributed by atoms with van der Waals surface area (Å²) in [5.41, 5.74) is 5.80. The number of rotatable bonds is 5. The van der Waals surface area contributed by atoms with E-state index >= 15 is 0 Å². The van der Waals surface area contributed by atoms with Crippen LogP contribution in [-0.4, -0.2) is 52.0 Å². The molecular formula is C25H23ClN6O2. The molecular weight excluding hydrogens is 452 g/mol. The quantitative estimate of drug-likeness (QED) is 0.432. The number of benzene rings is 1. The molecule has 0 unspecified atom stereocenters. The van der Waals surface area contributed by atoms with Gasteiger partial charge in [-0.25, -0.2) is 9.67 Å². The van der Waals surface area contributed by atoms with E-state index in [1.807, 2.05) is 49.9 Å². The molecule has 1 aliphatic rings. The average Bonchev–Trinajstić information content (AvgIpc) is 3.36. The number of anilines is 2. The number of amides is 1. The van der Waals surface area contributed by atoms with Gasteiger partial charge >= 0.3 is 0 Å². The third kappa shape index (κ3) is 4.78. The summed E-state index contributed by atoms with van der Waals surface area (Å²) in [6, 6.07) is 12.7. The number of nitrogens with zero attached hydrogens (tertiary/aromatic N) is 5. The van der Waals surface area contributed by atoms with E-state index in [1.54, 1.807) is 22.9 Å². The zero-order chi connectivity index (χ0) is 23.5. The Labute approximate surface area is 202 Å². The van der Waals surface area contributed by atoms with Gasteiger partial charge in [-0.1, -0.05) is 23.7 Å². The minimum Gasteiger partial charge on any atom is -0.378 e. The van der Waals surface area contributed by atoms with Crippen LogP contribution in [0.3, 0.4) is 0 Å². The van der Waals surface area contributed by atoms with Crippen LogP contribution < -0.4 is 10.2 Å². The zero-order valence-corrected chi connectivity index (χ0v) is 19.4. The Kier molecular flexibility index (Phi) is 6.24. The molecule has 4 heterocycles. The molecule has 9 heteroatoms. The first-order chi connectivity index (χ1) is 16.6. The van der Waals surface area contributed by atoms with Crippen LogP contribution in [-0.2, 0) is 4.74 Å². The molecule has 4 aromatic rings. The zero-order valence-electron chi connectivity index (χ0n) is 18.6. The number of nitrogens with one attached hydrogen (secondary N) is 1. The summed E-state index contributed by atoms with van der Waals surface area (Å²) in [7, 11) is 0. The van der Waals surface area contributed by atoms with Crippen LogP contribution in [0, 0.1) is 6.92 Å². The average molecular weight is 475 g/mol. The highest BCUT2D eigenvalue weighted by molar-refractivity contribution is 6.29. The third-order valence-electron chi connectivity index (χ3n) is 5.68. The molecule has 1 fully saturated rings. The summed E-state index contributed by atoms with van der Waals surface area (Å²) in [4.78, 5) is 23.4. The van der Waals surface area contributed by atoms with Crippen molar-refractivity contribution in [2.24, 2.45) is 0 Å². The van der Waals surface area contributed by atoms with Crippen molar-refractivity contribution in [2.75, 3.05) is 36.5 Å². The Balaban J connectivity index is 1.38. The first-order valence-corrected chi connectivity index (χ1v) is 11.3. The van der Waals surface area contributed by atoms with Gasteiger partial charge in [0.2, 0.25) is 0 Å². The Morgan fingerprint density at radius 2 is 1.91 bits per heavy atom. The van der Waals surface area contributed by atoms with E-state index in [4.69, 9.17) is 16.3 Å². The minimum atomic E-state index is -0.329. The van der Waals surface area contributed by atoms with Gasteiger partial charge in [0.1, 0.15) is 10.8 Å². The summed E-state index contributed by atoms with van der Waals surface area (Å²) in [5, 5.41) is 7.72. The lowest BCUT2D eigenvalue weighted by atomic mass is 10.1. The van der Waals surface area contributed by atoms with E-state index in [1.165, 1.54) is 0 Å². The van der Waals surface area contributed by atoms with Crippen molar-refractivity contribution >= 4 is 28.9 Å². The van der Waals surface area contributed by atoms with Crippen LogP contribution in [0.25, 0.3) is 16.8 Å². The molecule has 0 spiro atoms. The van der Waals surface area contributed by atoms with Crippen molar-refractivity contribution < 1.29 is 9.53 Å². The predicted octanol–water partition coefficient (Wildman–Crippen LogP) is 4.38. The van der Waals surface area contributed by atoms with Crippen molar-refractivity contribution in [3.05, 3.63) is 83.7 Å². The Morgan fingerprint density at radius 1 is 1.06 bits per heavy atom. The Bertz CT molecular complexity index is 1330. The third-order valence-corrected chi connectivity index (χ3v) is 5.89. The van der Waals surface area contributed by atoms with Gasteiger partial charge in [-0.3, -0.25) is 9.78 Å². The number of ether oxygens (including phenoxy) is 1. The molecule has 5 rings (SSSR count). The van der Waals surface area contributed by atoms with Crippen molar-refractivity contribution in [3.63, 3.8) is 0 Å². The number of morpholine rings is 1. The Morgan fingerprint density at radius 3 is 2.74 bits per heavy atom. The van der Waals surface area contributed by atoms with Gasteiger partial charge in [0, 0.05) is 42.3 Å². The molecule has 1 amide bonds.